The molecule has 2 rings (SSSR count). The molecule has 0 radical (unpaired) electrons. The third-order valence-corrected chi connectivity index (χ3v) is 2.25. The quantitative estimate of drug-likeness (QED) is 0.868. The Labute approximate surface area is 103 Å². The number of hydrogen-bond donors (Lipinski definition) is 2. The molecule has 6 heteroatoms. The highest BCUT2D eigenvalue weighted by atomic mass is 35.5. The van der Waals surface area contributed by atoms with E-state index in [-0.39, 0.29) is 11.8 Å². The predicted octanol–water partition coefficient (Wildman–Crippen LogP) is 1.87. The first-order valence-electron chi connectivity index (χ1n) is 4.91. The maximum atomic E-state index is 5.86. The SMILES string of the molecule is Nc1cc(OCc2cccc(Cl)c2)nc(N)n1. The number of benzene rings is 1. The topological polar surface area (TPSA) is 87.0 Å². The van der Waals surface area contributed by atoms with Crippen LogP contribution in [0.15, 0.2) is 30.3 Å². The van der Waals surface area contributed by atoms with Crippen LogP contribution in [0.25, 0.3) is 0 Å². The Morgan fingerprint density at radius 1 is 1.18 bits per heavy atom. The Morgan fingerprint density at radius 2 is 2.00 bits per heavy atom. The smallest absolute Gasteiger partial charge is 0.225 e. The second-order valence-electron chi connectivity index (χ2n) is 3.41. The molecule has 1 heterocycles. The Hall–Kier alpha value is -2.01. The monoisotopic (exact) mass is 250 g/mol. The van der Waals surface area contributed by atoms with Gasteiger partial charge >= 0.3 is 0 Å². The zero-order chi connectivity index (χ0) is 12.3. The minimum atomic E-state index is 0.0890. The molecule has 4 N–H and O–H groups in total. The molecule has 0 aliphatic rings. The van der Waals surface area contributed by atoms with Gasteiger partial charge < -0.3 is 16.2 Å². The van der Waals surface area contributed by atoms with Crippen LogP contribution in [-0.2, 0) is 6.61 Å². The van der Waals surface area contributed by atoms with Crippen molar-refractivity contribution in [3.63, 3.8) is 0 Å². The fourth-order valence-electron chi connectivity index (χ4n) is 1.32. The van der Waals surface area contributed by atoms with Gasteiger partial charge in [-0.2, -0.15) is 9.97 Å². The number of hydrogen-bond acceptors (Lipinski definition) is 5. The molecule has 1 aromatic carbocycles. The molecule has 0 fully saturated rings. The Bertz CT molecular complexity index is 512. The summed E-state index contributed by atoms with van der Waals surface area (Å²) in [7, 11) is 0. The number of ether oxygens (including phenoxy) is 1. The summed E-state index contributed by atoms with van der Waals surface area (Å²) in [5, 5.41) is 0.660. The summed E-state index contributed by atoms with van der Waals surface area (Å²) >= 11 is 5.86. The summed E-state index contributed by atoms with van der Waals surface area (Å²) in [6, 6.07) is 8.88. The lowest BCUT2D eigenvalue weighted by Crippen LogP contribution is -2.03. The number of nitrogens with zero attached hydrogens (tertiary/aromatic N) is 2. The highest BCUT2D eigenvalue weighted by molar-refractivity contribution is 6.30. The van der Waals surface area contributed by atoms with Crippen molar-refractivity contribution in [1.82, 2.24) is 9.97 Å². The van der Waals surface area contributed by atoms with Crippen molar-refractivity contribution in [3.05, 3.63) is 40.9 Å². The third kappa shape index (κ3) is 3.22. The molecular formula is C11H11ClN4O. The van der Waals surface area contributed by atoms with E-state index in [1.165, 1.54) is 6.07 Å². The lowest BCUT2D eigenvalue weighted by atomic mass is 10.2. The van der Waals surface area contributed by atoms with Gasteiger partial charge in [-0.15, -0.1) is 0 Å². The first-order valence-corrected chi connectivity index (χ1v) is 5.28. The maximum absolute atomic E-state index is 5.86. The van der Waals surface area contributed by atoms with E-state index in [0.717, 1.165) is 5.56 Å². The van der Waals surface area contributed by atoms with Crippen LogP contribution in [0.2, 0.25) is 5.02 Å². The second-order valence-corrected chi connectivity index (χ2v) is 3.84. The summed E-state index contributed by atoms with van der Waals surface area (Å²) in [5.74, 6) is 0.708. The van der Waals surface area contributed by atoms with Gasteiger partial charge in [0.2, 0.25) is 11.8 Å². The van der Waals surface area contributed by atoms with Gasteiger partial charge in [-0.3, -0.25) is 0 Å². The summed E-state index contributed by atoms with van der Waals surface area (Å²) in [5.41, 5.74) is 11.9. The van der Waals surface area contributed by atoms with E-state index in [0.29, 0.717) is 17.5 Å². The van der Waals surface area contributed by atoms with E-state index in [4.69, 9.17) is 27.8 Å². The molecule has 0 aliphatic heterocycles. The maximum Gasteiger partial charge on any atom is 0.225 e. The number of halogens is 1. The van der Waals surface area contributed by atoms with Gasteiger partial charge in [-0.05, 0) is 17.7 Å². The lowest BCUT2D eigenvalue weighted by Gasteiger charge is -2.06. The Balaban J connectivity index is 2.07. The third-order valence-electron chi connectivity index (χ3n) is 2.02. The fourth-order valence-corrected chi connectivity index (χ4v) is 1.53. The van der Waals surface area contributed by atoms with E-state index in [1.807, 2.05) is 18.2 Å². The molecule has 5 nitrogen and oxygen atoms in total. The normalized spacial score (nSPS) is 10.2. The van der Waals surface area contributed by atoms with Crippen molar-refractivity contribution in [3.8, 4) is 5.88 Å². The summed E-state index contributed by atoms with van der Waals surface area (Å²) in [6.45, 7) is 0.344. The molecule has 17 heavy (non-hydrogen) atoms. The number of rotatable bonds is 3. The molecule has 0 saturated carbocycles. The van der Waals surface area contributed by atoms with Crippen molar-refractivity contribution in [2.45, 2.75) is 6.61 Å². The van der Waals surface area contributed by atoms with Gasteiger partial charge in [0.25, 0.3) is 0 Å². The van der Waals surface area contributed by atoms with E-state index in [1.54, 1.807) is 6.07 Å². The number of nitrogens with two attached hydrogens (primary N) is 2. The average Bonchev–Trinajstić information content (AvgIpc) is 2.25. The fraction of sp³-hybridized carbons (Fsp3) is 0.0909. The Morgan fingerprint density at radius 3 is 2.71 bits per heavy atom. The van der Waals surface area contributed by atoms with Gasteiger partial charge in [0.05, 0.1) is 0 Å². The average molecular weight is 251 g/mol. The van der Waals surface area contributed by atoms with Gasteiger partial charge in [0.1, 0.15) is 12.4 Å². The molecule has 0 bridgehead atoms. The van der Waals surface area contributed by atoms with Gasteiger partial charge in [0, 0.05) is 11.1 Å². The predicted molar refractivity (Wildman–Crippen MR) is 66.6 cm³/mol. The molecular weight excluding hydrogens is 240 g/mol. The molecule has 2 aromatic rings. The van der Waals surface area contributed by atoms with Crippen LogP contribution in [0.1, 0.15) is 5.56 Å². The standard InChI is InChI=1S/C11H11ClN4O/c12-8-3-1-2-7(4-8)6-17-10-5-9(13)15-11(14)16-10/h1-5H,6H2,(H4,13,14,15,16). The highest BCUT2D eigenvalue weighted by Gasteiger charge is 2.01. The van der Waals surface area contributed by atoms with E-state index >= 15 is 0 Å². The summed E-state index contributed by atoms with van der Waals surface area (Å²) in [4.78, 5) is 7.65. The van der Waals surface area contributed by atoms with Crippen LogP contribution >= 0.6 is 11.6 Å². The van der Waals surface area contributed by atoms with Crippen LogP contribution in [0, 0.1) is 0 Å². The van der Waals surface area contributed by atoms with Crippen LogP contribution < -0.4 is 16.2 Å². The summed E-state index contributed by atoms with van der Waals surface area (Å²) in [6.07, 6.45) is 0. The molecule has 0 saturated heterocycles. The molecule has 0 atom stereocenters. The number of aromatic nitrogens is 2. The van der Waals surface area contributed by atoms with Crippen LogP contribution in [0.5, 0.6) is 5.88 Å². The molecule has 0 amide bonds. The molecule has 0 unspecified atom stereocenters. The van der Waals surface area contributed by atoms with Crippen molar-refractivity contribution < 1.29 is 4.74 Å². The van der Waals surface area contributed by atoms with Crippen molar-refractivity contribution in [1.29, 1.82) is 0 Å². The molecule has 88 valence electrons. The van der Waals surface area contributed by atoms with Gasteiger partial charge in [0.15, 0.2) is 0 Å². The largest absolute Gasteiger partial charge is 0.473 e. The molecule has 1 aromatic heterocycles. The first-order chi connectivity index (χ1) is 8.13. The van der Waals surface area contributed by atoms with Crippen LogP contribution in [0.4, 0.5) is 11.8 Å². The minimum Gasteiger partial charge on any atom is -0.473 e. The molecule has 0 aliphatic carbocycles. The lowest BCUT2D eigenvalue weighted by molar-refractivity contribution is 0.294. The van der Waals surface area contributed by atoms with Crippen molar-refractivity contribution in [2.24, 2.45) is 0 Å². The van der Waals surface area contributed by atoms with E-state index in [9.17, 15) is 0 Å². The van der Waals surface area contributed by atoms with Crippen molar-refractivity contribution in [2.75, 3.05) is 11.5 Å². The number of nitrogen functional groups attached to an aromatic ring is 2. The van der Waals surface area contributed by atoms with Crippen LogP contribution in [0.3, 0.4) is 0 Å². The molecule has 0 spiro atoms. The first kappa shape index (κ1) is 11.5. The van der Waals surface area contributed by atoms with Crippen molar-refractivity contribution >= 4 is 23.4 Å². The summed E-state index contributed by atoms with van der Waals surface area (Å²) < 4.78 is 5.44. The second kappa shape index (κ2) is 4.88. The van der Waals surface area contributed by atoms with Gasteiger partial charge in [-0.25, -0.2) is 0 Å². The van der Waals surface area contributed by atoms with Gasteiger partial charge in [-0.1, -0.05) is 23.7 Å². The van der Waals surface area contributed by atoms with Crippen LogP contribution in [-0.4, -0.2) is 9.97 Å². The number of anilines is 2. The minimum absolute atomic E-state index is 0.0890. The van der Waals surface area contributed by atoms with E-state index in [2.05, 4.69) is 9.97 Å². The highest BCUT2D eigenvalue weighted by Crippen LogP contribution is 2.15. The zero-order valence-electron chi connectivity index (χ0n) is 8.93. The Kier molecular flexibility index (Phi) is 3.30. The van der Waals surface area contributed by atoms with E-state index < -0.39 is 0 Å². The zero-order valence-corrected chi connectivity index (χ0v) is 9.69.